The summed E-state index contributed by atoms with van der Waals surface area (Å²) in [7, 11) is 0. The summed E-state index contributed by atoms with van der Waals surface area (Å²) in [5, 5.41) is 3.43. The van der Waals surface area contributed by atoms with Crippen molar-refractivity contribution in [2.45, 2.75) is 19.4 Å². The van der Waals surface area contributed by atoms with Crippen LogP contribution in [0.2, 0.25) is 0 Å². The summed E-state index contributed by atoms with van der Waals surface area (Å²) in [6.45, 7) is 4.34. The van der Waals surface area contributed by atoms with E-state index >= 15 is 0 Å². The summed E-state index contributed by atoms with van der Waals surface area (Å²) >= 11 is 0. The standard InChI is InChI=1S/C7H14N2/c1-5-7(4-8)2-6(7)3-9-5/h5-6,9H,2-4,8H2,1H3. The van der Waals surface area contributed by atoms with Crippen molar-refractivity contribution < 1.29 is 0 Å². The highest BCUT2D eigenvalue weighted by molar-refractivity contribution is 5.14. The van der Waals surface area contributed by atoms with Crippen molar-refractivity contribution in [2.24, 2.45) is 17.1 Å². The number of hydrogen-bond donors (Lipinski definition) is 2. The van der Waals surface area contributed by atoms with Crippen LogP contribution in [0, 0.1) is 11.3 Å². The summed E-state index contributed by atoms with van der Waals surface area (Å²) in [6.07, 6.45) is 1.37. The minimum Gasteiger partial charge on any atom is -0.330 e. The van der Waals surface area contributed by atoms with Gasteiger partial charge in [0.25, 0.3) is 0 Å². The predicted molar refractivity (Wildman–Crippen MR) is 37.1 cm³/mol. The Bertz CT molecular complexity index is 131. The molecule has 2 aliphatic rings. The fraction of sp³-hybridized carbons (Fsp3) is 1.00. The van der Waals surface area contributed by atoms with E-state index in [1.165, 1.54) is 13.0 Å². The monoisotopic (exact) mass is 126 g/mol. The van der Waals surface area contributed by atoms with Crippen molar-refractivity contribution in [1.82, 2.24) is 5.32 Å². The van der Waals surface area contributed by atoms with Gasteiger partial charge in [-0.05, 0) is 32.4 Å². The highest BCUT2D eigenvalue weighted by atomic mass is 15.0. The molecule has 1 aliphatic heterocycles. The van der Waals surface area contributed by atoms with Gasteiger partial charge in [0.05, 0.1) is 0 Å². The summed E-state index contributed by atoms with van der Waals surface area (Å²) in [6, 6.07) is 0.674. The average Bonchev–Trinajstić information content (AvgIpc) is 2.52. The lowest BCUT2D eigenvalue weighted by Crippen LogP contribution is -2.33. The third kappa shape index (κ3) is 0.528. The number of fused-ring (bicyclic) bond motifs is 1. The Morgan fingerprint density at radius 1 is 1.78 bits per heavy atom. The number of nitrogens with one attached hydrogen (secondary N) is 1. The summed E-state index contributed by atoms with van der Waals surface area (Å²) < 4.78 is 0. The normalized spacial score (nSPS) is 55.3. The molecule has 0 aromatic heterocycles. The molecule has 0 spiro atoms. The summed E-state index contributed by atoms with van der Waals surface area (Å²) in [4.78, 5) is 0. The Labute approximate surface area is 55.8 Å². The molecule has 0 aromatic carbocycles. The van der Waals surface area contributed by atoms with Crippen molar-refractivity contribution in [3.05, 3.63) is 0 Å². The first-order valence-corrected chi connectivity index (χ1v) is 3.73. The van der Waals surface area contributed by atoms with E-state index in [1.54, 1.807) is 0 Å². The van der Waals surface area contributed by atoms with E-state index in [-0.39, 0.29) is 0 Å². The second-order valence-corrected chi connectivity index (χ2v) is 3.47. The fourth-order valence-electron chi connectivity index (χ4n) is 2.15. The van der Waals surface area contributed by atoms with E-state index in [4.69, 9.17) is 5.73 Å². The van der Waals surface area contributed by atoms with Crippen LogP contribution in [0.1, 0.15) is 13.3 Å². The molecule has 2 rings (SSSR count). The summed E-state index contributed by atoms with van der Waals surface area (Å²) in [5.74, 6) is 0.914. The molecule has 0 amide bonds. The van der Waals surface area contributed by atoms with Crippen molar-refractivity contribution in [3.8, 4) is 0 Å². The molecule has 2 fully saturated rings. The molecular formula is C7H14N2. The smallest absolute Gasteiger partial charge is 0.0111 e. The molecule has 9 heavy (non-hydrogen) atoms. The van der Waals surface area contributed by atoms with Crippen LogP contribution in [0.15, 0.2) is 0 Å². The summed E-state index contributed by atoms with van der Waals surface area (Å²) in [5.41, 5.74) is 6.19. The highest BCUT2D eigenvalue weighted by Gasteiger charge is 2.59. The van der Waals surface area contributed by atoms with E-state index in [0.717, 1.165) is 12.5 Å². The van der Waals surface area contributed by atoms with Gasteiger partial charge < -0.3 is 11.1 Å². The van der Waals surface area contributed by atoms with E-state index < -0.39 is 0 Å². The van der Waals surface area contributed by atoms with Gasteiger partial charge in [-0.2, -0.15) is 0 Å². The quantitative estimate of drug-likeness (QED) is 0.516. The van der Waals surface area contributed by atoms with Crippen LogP contribution >= 0.6 is 0 Å². The van der Waals surface area contributed by atoms with Gasteiger partial charge in [0.1, 0.15) is 0 Å². The average molecular weight is 126 g/mol. The maximum Gasteiger partial charge on any atom is 0.0111 e. The van der Waals surface area contributed by atoms with Crippen molar-refractivity contribution in [3.63, 3.8) is 0 Å². The van der Waals surface area contributed by atoms with Crippen molar-refractivity contribution in [2.75, 3.05) is 13.1 Å². The number of nitrogens with two attached hydrogens (primary N) is 1. The maximum atomic E-state index is 5.66. The van der Waals surface area contributed by atoms with Gasteiger partial charge in [0.2, 0.25) is 0 Å². The van der Waals surface area contributed by atoms with Crippen LogP contribution in [0.4, 0.5) is 0 Å². The lowest BCUT2D eigenvalue weighted by atomic mass is 9.99. The molecule has 1 heterocycles. The molecule has 0 bridgehead atoms. The Hall–Kier alpha value is -0.0800. The first-order chi connectivity index (χ1) is 4.29. The molecule has 2 nitrogen and oxygen atoms in total. The number of rotatable bonds is 1. The Kier molecular flexibility index (Phi) is 0.945. The lowest BCUT2D eigenvalue weighted by Gasteiger charge is -2.16. The van der Waals surface area contributed by atoms with Gasteiger partial charge in [-0.15, -0.1) is 0 Å². The molecule has 3 unspecified atom stereocenters. The van der Waals surface area contributed by atoms with E-state index in [2.05, 4.69) is 12.2 Å². The third-order valence-corrected chi connectivity index (χ3v) is 3.19. The molecule has 2 heteroatoms. The molecule has 3 N–H and O–H groups in total. The fourth-order valence-corrected chi connectivity index (χ4v) is 2.15. The Morgan fingerprint density at radius 3 is 2.78 bits per heavy atom. The molecule has 1 aliphatic carbocycles. The maximum absolute atomic E-state index is 5.66. The van der Waals surface area contributed by atoms with E-state index in [0.29, 0.717) is 11.5 Å². The molecule has 0 radical (unpaired) electrons. The minimum atomic E-state index is 0.528. The van der Waals surface area contributed by atoms with Crippen LogP contribution in [0.25, 0.3) is 0 Å². The second-order valence-electron chi connectivity index (χ2n) is 3.47. The zero-order valence-corrected chi connectivity index (χ0v) is 5.85. The topological polar surface area (TPSA) is 38.0 Å². The molecule has 0 aromatic rings. The van der Waals surface area contributed by atoms with E-state index in [1.807, 2.05) is 0 Å². The van der Waals surface area contributed by atoms with Gasteiger partial charge in [0, 0.05) is 11.5 Å². The first-order valence-electron chi connectivity index (χ1n) is 3.73. The molecule has 1 saturated heterocycles. The SMILES string of the molecule is CC1NCC2CC21CN. The zero-order valence-electron chi connectivity index (χ0n) is 5.85. The number of piperidine rings is 1. The molecular weight excluding hydrogens is 112 g/mol. The van der Waals surface area contributed by atoms with Crippen LogP contribution in [-0.2, 0) is 0 Å². The molecule has 52 valence electrons. The van der Waals surface area contributed by atoms with Crippen LogP contribution < -0.4 is 11.1 Å². The zero-order chi connectivity index (χ0) is 6.48. The van der Waals surface area contributed by atoms with Gasteiger partial charge in [-0.1, -0.05) is 0 Å². The number of hydrogen-bond acceptors (Lipinski definition) is 2. The minimum absolute atomic E-state index is 0.528. The Morgan fingerprint density at radius 2 is 2.56 bits per heavy atom. The predicted octanol–water partition coefficient (Wildman–Crippen LogP) is -0.0569. The van der Waals surface area contributed by atoms with Crippen LogP contribution in [-0.4, -0.2) is 19.1 Å². The van der Waals surface area contributed by atoms with Gasteiger partial charge >= 0.3 is 0 Å². The van der Waals surface area contributed by atoms with Gasteiger partial charge in [-0.25, -0.2) is 0 Å². The van der Waals surface area contributed by atoms with Gasteiger partial charge in [-0.3, -0.25) is 0 Å². The largest absolute Gasteiger partial charge is 0.330 e. The van der Waals surface area contributed by atoms with Crippen LogP contribution in [0.3, 0.4) is 0 Å². The Balaban J connectivity index is 2.14. The third-order valence-electron chi connectivity index (χ3n) is 3.19. The first kappa shape index (κ1) is 5.69. The van der Waals surface area contributed by atoms with Crippen molar-refractivity contribution in [1.29, 1.82) is 0 Å². The lowest BCUT2D eigenvalue weighted by molar-refractivity contribution is 0.417. The van der Waals surface area contributed by atoms with Crippen molar-refractivity contribution >= 4 is 0 Å². The molecule has 3 atom stereocenters. The van der Waals surface area contributed by atoms with E-state index in [9.17, 15) is 0 Å². The van der Waals surface area contributed by atoms with Gasteiger partial charge in [0.15, 0.2) is 0 Å². The van der Waals surface area contributed by atoms with Crippen LogP contribution in [0.5, 0.6) is 0 Å². The highest BCUT2D eigenvalue weighted by Crippen LogP contribution is 2.57. The second kappa shape index (κ2) is 1.50. The molecule has 1 saturated carbocycles.